The second kappa shape index (κ2) is 6.00. The molecule has 0 aromatic rings. The highest BCUT2D eigenvalue weighted by molar-refractivity contribution is 5.83. The van der Waals surface area contributed by atoms with Gasteiger partial charge in [0.2, 0.25) is 5.91 Å². The molecule has 5 heteroatoms. The molecule has 1 fully saturated rings. The van der Waals surface area contributed by atoms with Gasteiger partial charge in [-0.3, -0.25) is 9.59 Å². The minimum Gasteiger partial charge on any atom is -0.481 e. The third-order valence-electron chi connectivity index (χ3n) is 3.79. The molecule has 3 N–H and O–H groups in total. The molecule has 0 spiro atoms. The van der Waals surface area contributed by atoms with Crippen molar-refractivity contribution in [3.8, 4) is 0 Å². The van der Waals surface area contributed by atoms with E-state index >= 15 is 0 Å². The van der Waals surface area contributed by atoms with Crippen LogP contribution >= 0.6 is 0 Å². The Morgan fingerprint density at radius 3 is 2.47 bits per heavy atom. The second-order valence-electron chi connectivity index (χ2n) is 4.66. The Hall–Kier alpha value is -1.10. The zero-order valence-electron chi connectivity index (χ0n) is 10.6. The molecule has 1 heterocycles. The minimum absolute atomic E-state index is 0.0741. The van der Waals surface area contributed by atoms with Gasteiger partial charge in [-0.05, 0) is 32.2 Å². The van der Waals surface area contributed by atoms with Gasteiger partial charge in [0.15, 0.2) is 0 Å². The summed E-state index contributed by atoms with van der Waals surface area (Å²) in [5.41, 5.74) is -0.825. The zero-order chi connectivity index (χ0) is 12.9. The van der Waals surface area contributed by atoms with Crippen molar-refractivity contribution in [1.29, 1.82) is 0 Å². The first-order valence-corrected chi connectivity index (χ1v) is 6.30. The van der Waals surface area contributed by atoms with Gasteiger partial charge >= 0.3 is 5.97 Å². The van der Waals surface area contributed by atoms with Gasteiger partial charge in [0.1, 0.15) is 0 Å². The lowest BCUT2D eigenvalue weighted by atomic mass is 9.82. The van der Waals surface area contributed by atoms with Crippen molar-refractivity contribution in [3.63, 3.8) is 0 Å². The lowest BCUT2D eigenvalue weighted by molar-refractivity contribution is -0.149. The van der Waals surface area contributed by atoms with Crippen molar-refractivity contribution >= 4 is 11.9 Å². The number of aliphatic carboxylic acids is 1. The summed E-state index contributed by atoms with van der Waals surface area (Å²) >= 11 is 0. The van der Waals surface area contributed by atoms with Gasteiger partial charge in [-0.25, -0.2) is 0 Å². The topological polar surface area (TPSA) is 78.4 Å². The number of rotatable bonds is 6. The van der Waals surface area contributed by atoms with E-state index in [1.54, 1.807) is 0 Å². The molecule has 17 heavy (non-hydrogen) atoms. The molecule has 1 amide bonds. The van der Waals surface area contributed by atoms with E-state index in [4.69, 9.17) is 0 Å². The highest BCUT2D eigenvalue weighted by Gasteiger charge is 2.35. The molecule has 0 aromatic heterocycles. The van der Waals surface area contributed by atoms with Crippen LogP contribution in [0.2, 0.25) is 0 Å². The van der Waals surface area contributed by atoms with Crippen LogP contribution < -0.4 is 10.6 Å². The number of nitrogens with one attached hydrogen (secondary N) is 2. The SMILES string of the molecule is CCC(CC)(CNC(=O)C1CCCN1)C(=O)O. The number of hydrogen-bond donors (Lipinski definition) is 3. The van der Waals surface area contributed by atoms with Gasteiger partial charge in [0.05, 0.1) is 11.5 Å². The van der Waals surface area contributed by atoms with E-state index in [-0.39, 0.29) is 18.5 Å². The Kier molecular flexibility index (Phi) is 4.93. The predicted octanol–water partition coefficient (Wildman–Crippen LogP) is 0.746. The van der Waals surface area contributed by atoms with Crippen LogP contribution in [0.1, 0.15) is 39.5 Å². The second-order valence-corrected chi connectivity index (χ2v) is 4.66. The summed E-state index contributed by atoms with van der Waals surface area (Å²) in [5, 5.41) is 15.1. The van der Waals surface area contributed by atoms with Crippen LogP contribution in [0, 0.1) is 5.41 Å². The number of carbonyl (C=O) groups is 2. The largest absolute Gasteiger partial charge is 0.481 e. The molecular weight excluding hydrogens is 220 g/mol. The number of amides is 1. The Morgan fingerprint density at radius 2 is 2.06 bits per heavy atom. The van der Waals surface area contributed by atoms with Crippen molar-refractivity contribution in [2.45, 2.75) is 45.6 Å². The van der Waals surface area contributed by atoms with Crippen LogP contribution in [0.15, 0.2) is 0 Å². The number of hydrogen-bond acceptors (Lipinski definition) is 3. The Morgan fingerprint density at radius 1 is 1.41 bits per heavy atom. The van der Waals surface area contributed by atoms with Gasteiger partial charge in [-0.15, -0.1) is 0 Å². The van der Waals surface area contributed by atoms with Crippen LogP contribution in [0.3, 0.4) is 0 Å². The van der Waals surface area contributed by atoms with Crippen molar-refractivity contribution in [3.05, 3.63) is 0 Å². The zero-order valence-corrected chi connectivity index (χ0v) is 10.6. The maximum absolute atomic E-state index is 11.8. The maximum atomic E-state index is 11.8. The maximum Gasteiger partial charge on any atom is 0.311 e. The lowest BCUT2D eigenvalue weighted by Gasteiger charge is -2.27. The summed E-state index contributed by atoms with van der Waals surface area (Å²) in [5.74, 6) is -0.905. The Balaban J connectivity index is 2.51. The third-order valence-corrected chi connectivity index (χ3v) is 3.79. The first kappa shape index (κ1) is 14.0. The summed E-state index contributed by atoms with van der Waals surface area (Å²) in [4.78, 5) is 23.0. The first-order chi connectivity index (χ1) is 8.05. The van der Waals surface area contributed by atoms with E-state index < -0.39 is 11.4 Å². The summed E-state index contributed by atoms with van der Waals surface area (Å²) in [7, 11) is 0. The summed E-state index contributed by atoms with van der Waals surface area (Å²) in [6, 6.07) is -0.143. The van der Waals surface area contributed by atoms with Gasteiger partial charge < -0.3 is 15.7 Å². The monoisotopic (exact) mass is 242 g/mol. The van der Waals surface area contributed by atoms with Gasteiger partial charge in [-0.1, -0.05) is 13.8 Å². The van der Waals surface area contributed by atoms with E-state index in [2.05, 4.69) is 10.6 Å². The van der Waals surface area contributed by atoms with Crippen LogP contribution in [-0.4, -0.2) is 36.1 Å². The molecular formula is C12H22N2O3. The molecule has 0 aromatic carbocycles. The van der Waals surface area contributed by atoms with Crippen molar-refractivity contribution in [2.75, 3.05) is 13.1 Å². The average molecular weight is 242 g/mol. The number of carboxylic acids is 1. The standard InChI is InChI=1S/C12H22N2O3/c1-3-12(4-2,11(16)17)8-14-10(15)9-6-5-7-13-9/h9,13H,3-8H2,1-2H3,(H,14,15)(H,16,17). The molecule has 0 saturated carbocycles. The molecule has 1 saturated heterocycles. The normalized spacial score (nSPS) is 20.2. The summed E-state index contributed by atoms with van der Waals surface area (Å²) in [6.45, 7) is 4.77. The molecule has 0 aliphatic carbocycles. The first-order valence-electron chi connectivity index (χ1n) is 6.30. The quantitative estimate of drug-likeness (QED) is 0.642. The fourth-order valence-corrected chi connectivity index (χ4v) is 2.17. The van der Waals surface area contributed by atoms with Crippen molar-refractivity contribution < 1.29 is 14.7 Å². The van der Waals surface area contributed by atoms with Crippen LogP contribution in [0.4, 0.5) is 0 Å². The molecule has 1 atom stereocenters. The molecule has 5 nitrogen and oxygen atoms in total. The number of carboxylic acid groups (broad SMARTS) is 1. The Labute approximate surface area is 102 Å². The Bertz CT molecular complexity index is 281. The highest BCUT2D eigenvalue weighted by Crippen LogP contribution is 2.25. The molecule has 0 radical (unpaired) electrons. The number of carbonyl (C=O) groups excluding carboxylic acids is 1. The minimum atomic E-state index is -0.831. The average Bonchev–Trinajstić information content (AvgIpc) is 2.84. The lowest BCUT2D eigenvalue weighted by Crippen LogP contribution is -2.47. The summed E-state index contributed by atoms with van der Waals surface area (Å²) in [6.07, 6.45) is 2.89. The fourth-order valence-electron chi connectivity index (χ4n) is 2.17. The van der Waals surface area contributed by atoms with Crippen LogP contribution in [0.25, 0.3) is 0 Å². The van der Waals surface area contributed by atoms with E-state index in [0.717, 1.165) is 19.4 Å². The van der Waals surface area contributed by atoms with E-state index in [9.17, 15) is 14.7 Å². The van der Waals surface area contributed by atoms with Crippen molar-refractivity contribution in [1.82, 2.24) is 10.6 Å². The van der Waals surface area contributed by atoms with Gasteiger partial charge in [0, 0.05) is 6.54 Å². The third kappa shape index (κ3) is 3.19. The van der Waals surface area contributed by atoms with E-state index in [1.807, 2.05) is 13.8 Å². The van der Waals surface area contributed by atoms with Gasteiger partial charge in [-0.2, -0.15) is 0 Å². The smallest absolute Gasteiger partial charge is 0.311 e. The molecule has 1 aliphatic rings. The predicted molar refractivity (Wildman–Crippen MR) is 64.7 cm³/mol. The molecule has 0 bridgehead atoms. The summed E-state index contributed by atoms with van der Waals surface area (Å²) < 4.78 is 0. The van der Waals surface area contributed by atoms with Gasteiger partial charge in [0.25, 0.3) is 0 Å². The molecule has 1 aliphatic heterocycles. The fraction of sp³-hybridized carbons (Fsp3) is 0.833. The molecule has 1 unspecified atom stereocenters. The van der Waals surface area contributed by atoms with E-state index in [0.29, 0.717) is 12.8 Å². The van der Waals surface area contributed by atoms with Crippen LogP contribution in [-0.2, 0) is 9.59 Å². The van der Waals surface area contributed by atoms with Crippen LogP contribution in [0.5, 0.6) is 0 Å². The van der Waals surface area contributed by atoms with E-state index in [1.165, 1.54) is 0 Å². The molecule has 98 valence electrons. The molecule has 1 rings (SSSR count). The highest BCUT2D eigenvalue weighted by atomic mass is 16.4. The van der Waals surface area contributed by atoms with Crippen molar-refractivity contribution in [2.24, 2.45) is 5.41 Å².